The van der Waals surface area contributed by atoms with E-state index in [-0.39, 0.29) is 6.42 Å². The van der Waals surface area contributed by atoms with E-state index in [1.807, 2.05) is 11.6 Å². The van der Waals surface area contributed by atoms with Gasteiger partial charge < -0.3 is 5.11 Å². The number of carbonyl (C=O) groups is 1. The topological polar surface area (TPSA) is 72.4 Å². The van der Waals surface area contributed by atoms with Crippen LogP contribution in [0.5, 0.6) is 0 Å². The smallest absolute Gasteiger partial charge is 0.303 e. The van der Waals surface area contributed by atoms with Crippen molar-refractivity contribution < 1.29 is 9.90 Å². The second kappa shape index (κ2) is 4.20. The second-order valence-corrected chi connectivity index (χ2v) is 4.44. The molecule has 0 aliphatic heterocycles. The van der Waals surface area contributed by atoms with E-state index in [0.717, 1.165) is 17.3 Å². The summed E-state index contributed by atoms with van der Waals surface area (Å²) in [5, 5.41) is 13.0. The summed E-state index contributed by atoms with van der Waals surface area (Å²) in [6.45, 7) is 4.15. The minimum absolute atomic E-state index is 0.0981. The van der Waals surface area contributed by atoms with E-state index in [2.05, 4.69) is 23.9 Å². The highest BCUT2D eigenvalue weighted by Gasteiger charge is 2.14. The lowest BCUT2D eigenvalue weighted by Crippen LogP contribution is -2.01. The fraction of sp³-hybridized carbons (Fsp3) is 0.545. The minimum Gasteiger partial charge on any atom is -0.481 e. The number of aliphatic carboxylic acids is 1. The molecule has 2 rings (SSSR count). The number of nitrogens with zero attached hydrogens (tertiary/aromatic N) is 4. The number of carboxylic acid groups (broad SMARTS) is 1. The molecule has 0 amide bonds. The van der Waals surface area contributed by atoms with Crippen LogP contribution in [-0.4, -0.2) is 30.2 Å². The first kappa shape index (κ1) is 11.6. The molecule has 0 aliphatic rings. The van der Waals surface area contributed by atoms with Crippen LogP contribution in [0.2, 0.25) is 0 Å². The molecule has 0 aromatic carbocycles. The van der Waals surface area contributed by atoms with Crippen LogP contribution in [0.3, 0.4) is 0 Å². The zero-order valence-electron chi connectivity index (χ0n) is 10.2. The Labute approximate surface area is 98.9 Å². The number of fused-ring (bicyclic) bond motifs is 1. The van der Waals surface area contributed by atoms with Crippen molar-refractivity contribution in [2.24, 2.45) is 7.05 Å². The first-order valence-electron chi connectivity index (χ1n) is 5.61. The average Bonchev–Trinajstić information content (AvgIpc) is 2.75. The highest BCUT2D eigenvalue weighted by Crippen LogP contribution is 2.15. The Kier molecular flexibility index (Phi) is 2.87. The molecule has 0 atom stereocenters. The van der Waals surface area contributed by atoms with Gasteiger partial charge in [0.15, 0.2) is 0 Å². The third-order valence-corrected chi connectivity index (χ3v) is 2.69. The van der Waals surface area contributed by atoms with E-state index in [1.54, 1.807) is 10.7 Å². The Hall–Kier alpha value is -1.85. The Morgan fingerprint density at radius 3 is 2.76 bits per heavy atom. The van der Waals surface area contributed by atoms with Gasteiger partial charge >= 0.3 is 5.97 Å². The predicted molar refractivity (Wildman–Crippen MR) is 62.0 cm³/mol. The Balaban J connectivity index is 2.30. The van der Waals surface area contributed by atoms with Crippen molar-refractivity contribution in [2.45, 2.75) is 32.6 Å². The molecule has 92 valence electrons. The van der Waals surface area contributed by atoms with Gasteiger partial charge in [-0.25, -0.2) is 9.50 Å². The summed E-state index contributed by atoms with van der Waals surface area (Å²) in [6, 6.07) is 0. The van der Waals surface area contributed by atoms with Gasteiger partial charge in [0, 0.05) is 19.4 Å². The van der Waals surface area contributed by atoms with E-state index in [0.29, 0.717) is 12.3 Å². The van der Waals surface area contributed by atoms with E-state index in [9.17, 15) is 4.79 Å². The largest absolute Gasteiger partial charge is 0.481 e. The summed E-state index contributed by atoms with van der Waals surface area (Å²) in [5.41, 5.74) is 0.765. The molecule has 0 unspecified atom stereocenters. The maximum atomic E-state index is 10.5. The summed E-state index contributed by atoms with van der Waals surface area (Å²) < 4.78 is 3.65. The molecule has 17 heavy (non-hydrogen) atoms. The summed E-state index contributed by atoms with van der Waals surface area (Å²) >= 11 is 0. The van der Waals surface area contributed by atoms with Crippen molar-refractivity contribution >= 4 is 11.7 Å². The molecule has 0 radical (unpaired) electrons. The SMILES string of the molecule is CC(C)c1nn2cc(CCC(=O)O)nc2n1C. The van der Waals surface area contributed by atoms with Crippen molar-refractivity contribution in [1.29, 1.82) is 0 Å². The van der Waals surface area contributed by atoms with Crippen LogP contribution in [0.4, 0.5) is 0 Å². The summed E-state index contributed by atoms with van der Waals surface area (Å²) in [7, 11) is 1.92. The van der Waals surface area contributed by atoms with Gasteiger partial charge in [-0.15, -0.1) is 0 Å². The fourth-order valence-electron chi connectivity index (χ4n) is 1.85. The normalized spacial score (nSPS) is 11.5. The van der Waals surface area contributed by atoms with Crippen molar-refractivity contribution in [3.63, 3.8) is 0 Å². The zero-order valence-corrected chi connectivity index (χ0v) is 10.2. The minimum atomic E-state index is -0.808. The molecule has 0 fully saturated rings. The number of hydrogen-bond donors (Lipinski definition) is 1. The van der Waals surface area contributed by atoms with E-state index in [4.69, 9.17) is 5.11 Å². The van der Waals surface area contributed by atoms with Gasteiger partial charge in [-0.05, 0) is 0 Å². The average molecular weight is 236 g/mol. The third-order valence-electron chi connectivity index (χ3n) is 2.69. The van der Waals surface area contributed by atoms with Crippen LogP contribution in [0.1, 0.15) is 37.7 Å². The molecule has 0 saturated heterocycles. The van der Waals surface area contributed by atoms with Gasteiger partial charge in [-0.3, -0.25) is 9.36 Å². The lowest BCUT2D eigenvalue weighted by atomic mass is 10.2. The Bertz CT molecular complexity index is 553. The van der Waals surface area contributed by atoms with Crippen LogP contribution in [-0.2, 0) is 18.3 Å². The number of imidazole rings is 1. The highest BCUT2D eigenvalue weighted by molar-refractivity contribution is 5.67. The Morgan fingerprint density at radius 1 is 1.53 bits per heavy atom. The molecule has 2 aromatic rings. The van der Waals surface area contributed by atoms with Gasteiger partial charge in [-0.1, -0.05) is 13.8 Å². The number of rotatable bonds is 4. The number of aryl methyl sites for hydroxylation is 2. The molecule has 0 spiro atoms. The van der Waals surface area contributed by atoms with Crippen LogP contribution < -0.4 is 0 Å². The van der Waals surface area contributed by atoms with Crippen molar-refractivity contribution in [1.82, 2.24) is 19.2 Å². The lowest BCUT2D eigenvalue weighted by Gasteiger charge is -2.02. The maximum absolute atomic E-state index is 10.5. The molecule has 6 heteroatoms. The van der Waals surface area contributed by atoms with E-state index >= 15 is 0 Å². The van der Waals surface area contributed by atoms with Crippen LogP contribution in [0.15, 0.2) is 6.20 Å². The van der Waals surface area contributed by atoms with Crippen molar-refractivity contribution in [3.8, 4) is 0 Å². The molecule has 2 aromatic heterocycles. The van der Waals surface area contributed by atoms with Gasteiger partial charge in [0.25, 0.3) is 0 Å². The van der Waals surface area contributed by atoms with E-state index < -0.39 is 5.97 Å². The second-order valence-electron chi connectivity index (χ2n) is 4.44. The molecule has 0 bridgehead atoms. The molecular weight excluding hydrogens is 220 g/mol. The van der Waals surface area contributed by atoms with Crippen LogP contribution in [0.25, 0.3) is 5.78 Å². The van der Waals surface area contributed by atoms with Crippen LogP contribution >= 0.6 is 0 Å². The van der Waals surface area contributed by atoms with Gasteiger partial charge in [0.1, 0.15) is 5.82 Å². The van der Waals surface area contributed by atoms with E-state index in [1.165, 1.54) is 0 Å². The first-order valence-corrected chi connectivity index (χ1v) is 5.61. The molecule has 6 nitrogen and oxygen atoms in total. The van der Waals surface area contributed by atoms with Crippen molar-refractivity contribution in [2.75, 3.05) is 0 Å². The molecular formula is C11H16N4O2. The fourth-order valence-corrected chi connectivity index (χ4v) is 1.85. The standard InChI is InChI=1S/C11H16N4O2/c1-7(2)10-13-15-6-8(4-5-9(16)17)12-11(15)14(10)3/h6-7H,4-5H2,1-3H3,(H,16,17). The zero-order chi connectivity index (χ0) is 12.6. The maximum Gasteiger partial charge on any atom is 0.303 e. The van der Waals surface area contributed by atoms with Crippen LogP contribution in [0, 0.1) is 0 Å². The van der Waals surface area contributed by atoms with Gasteiger partial charge in [0.2, 0.25) is 5.78 Å². The van der Waals surface area contributed by atoms with Gasteiger partial charge in [-0.2, -0.15) is 5.10 Å². The lowest BCUT2D eigenvalue weighted by molar-refractivity contribution is -0.136. The number of carboxylic acids is 1. The highest BCUT2D eigenvalue weighted by atomic mass is 16.4. The number of aromatic nitrogens is 4. The molecule has 2 heterocycles. The predicted octanol–water partition coefficient (Wildman–Crippen LogP) is 1.21. The first-order chi connectivity index (χ1) is 7.99. The van der Waals surface area contributed by atoms with Crippen molar-refractivity contribution in [3.05, 3.63) is 17.7 Å². The third kappa shape index (κ3) is 2.15. The number of hydrogen-bond acceptors (Lipinski definition) is 3. The van der Waals surface area contributed by atoms with Gasteiger partial charge in [0.05, 0.1) is 18.3 Å². The summed E-state index contributed by atoms with van der Waals surface area (Å²) in [5.74, 6) is 1.26. The molecule has 0 aliphatic carbocycles. The summed E-state index contributed by atoms with van der Waals surface area (Å²) in [4.78, 5) is 14.9. The monoisotopic (exact) mass is 236 g/mol. The molecule has 1 N–H and O–H groups in total. The Morgan fingerprint density at radius 2 is 2.24 bits per heavy atom. The summed E-state index contributed by atoms with van der Waals surface area (Å²) in [6.07, 6.45) is 2.33. The quantitative estimate of drug-likeness (QED) is 0.866. The molecule has 0 saturated carbocycles.